The molecular weight excluding hydrogens is 192 g/mol. The molecular formula is C8H18O6. The van der Waals surface area contributed by atoms with Crippen molar-refractivity contribution < 1.29 is 29.9 Å². The first-order valence-corrected chi connectivity index (χ1v) is 4.30. The molecule has 0 aliphatic heterocycles. The number of aliphatic hydroxyl groups is 4. The molecule has 0 aromatic rings. The van der Waals surface area contributed by atoms with Crippen LogP contribution in [-0.2, 0) is 9.47 Å². The molecule has 0 heterocycles. The van der Waals surface area contributed by atoms with Gasteiger partial charge in [0.2, 0.25) is 0 Å². The van der Waals surface area contributed by atoms with Gasteiger partial charge in [-0.25, -0.2) is 0 Å². The van der Waals surface area contributed by atoms with Gasteiger partial charge in [0, 0.05) is 7.11 Å². The van der Waals surface area contributed by atoms with Crippen molar-refractivity contribution in [3.63, 3.8) is 0 Å². The van der Waals surface area contributed by atoms with Crippen LogP contribution in [0.2, 0.25) is 0 Å². The molecule has 0 saturated heterocycles. The topological polar surface area (TPSA) is 99.4 Å². The summed E-state index contributed by atoms with van der Waals surface area (Å²) in [6.45, 7) is 0.766. The van der Waals surface area contributed by atoms with E-state index in [0.717, 1.165) is 0 Å². The Morgan fingerprint density at radius 3 is 2.07 bits per heavy atom. The minimum absolute atomic E-state index is 0.102. The smallest absolute Gasteiger partial charge is 0.146 e. The molecule has 0 aromatic carbocycles. The van der Waals surface area contributed by atoms with Crippen molar-refractivity contribution in [1.29, 1.82) is 0 Å². The molecule has 4 N–H and O–H groups in total. The summed E-state index contributed by atoms with van der Waals surface area (Å²) in [7, 11) is 1.39. The molecule has 0 fully saturated rings. The molecule has 0 spiro atoms. The van der Waals surface area contributed by atoms with E-state index in [1.165, 1.54) is 14.0 Å². The van der Waals surface area contributed by atoms with Crippen molar-refractivity contribution >= 4 is 0 Å². The largest absolute Gasteiger partial charge is 0.394 e. The van der Waals surface area contributed by atoms with Gasteiger partial charge in [-0.1, -0.05) is 0 Å². The van der Waals surface area contributed by atoms with E-state index >= 15 is 0 Å². The average Bonchev–Trinajstić information content (AvgIpc) is 2.17. The zero-order valence-electron chi connectivity index (χ0n) is 8.33. The summed E-state index contributed by atoms with van der Waals surface area (Å²) in [6, 6.07) is 0. The highest BCUT2D eigenvalue weighted by atomic mass is 16.7. The van der Waals surface area contributed by atoms with Crippen LogP contribution in [0.15, 0.2) is 0 Å². The molecule has 0 rings (SSSR count). The van der Waals surface area contributed by atoms with E-state index in [0.29, 0.717) is 0 Å². The van der Waals surface area contributed by atoms with Crippen LogP contribution in [0.25, 0.3) is 0 Å². The first-order chi connectivity index (χ1) is 6.54. The lowest BCUT2D eigenvalue weighted by molar-refractivity contribution is -0.164. The fraction of sp³-hybridized carbons (Fsp3) is 1.00. The monoisotopic (exact) mass is 210 g/mol. The first kappa shape index (κ1) is 13.8. The van der Waals surface area contributed by atoms with Gasteiger partial charge in [0.05, 0.1) is 12.7 Å². The van der Waals surface area contributed by atoms with Crippen LogP contribution >= 0.6 is 0 Å². The number of hydrogen-bond acceptors (Lipinski definition) is 6. The Labute approximate surface area is 82.7 Å². The molecule has 0 aliphatic rings. The van der Waals surface area contributed by atoms with Crippen LogP contribution < -0.4 is 0 Å². The maximum absolute atomic E-state index is 9.42. The van der Waals surface area contributed by atoms with Gasteiger partial charge in [-0.3, -0.25) is 0 Å². The molecule has 0 aromatic heterocycles. The minimum atomic E-state index is -1.36. The Balaban J connectivity index is 4.08. The Hall–Kier alpha value is -0.240. The summed E-state index contributed by atoms with van der Waals surface area (Å²) < 4.78 is 9.46. The van der Waals surface area contributed by atoms with E-state index in [-0.39, 0.29) is 6.79 Å². The zero-order valence-corrected chi connectivity index (χ0v) is 8.33. The van der Waals surface area contributed by atoms with E-state index in [1.54, 1.807) is 0 Å². The maximum atomic E-state index is 9.42. The van der Waals surface area contributed by atoms with Gasteiger partial charge in [-0.2, -0.15) is 0 Å². The second-order valence-corrected chi connectivity index (χ2v) is 3.02. The number of methoxy groups -OCH3 is 1. The quantitative estimate of drug-likeness (QED) is 0.365. The predicted molar refractivity (Wildman–Crippen MR) is 47.5 cm³/mol. The van der Waals surface area contributed by atoms with E-state index < -0.39 is 31.0 Å². The van der Waals surface area contributed by atoms with Crippen LogP contribution in [0, 0.1) is 0 Å². The molecule has 4 atom stereocenters. The van der Waals surface area contributed by atoms with Crippen molar-refractivity contribution in [3.8, 4) is 0 Å². The van der Waals surface area contributed by atoms with Gasteiger partial charge in [-0.05, 0) is 6.92 Å². The summed E-state index contributed by atoms with van der Waals surface area (Å²) >= 11 is 0. The molecule has 3 unspecified atom stereocenters. The van der Waals surface area contributed by atoms with Crippen molar-refractivity contribution in [1.82, 2.24) is 0 Å². The molecule has 0 bridgehead atoms. The van der Waals surface area contributed by atoms with Crippen LogP contribution in [0.4, 0.5) is 0 Å². The van der Waals surface area contributed by atoms with Gasteiger partial charge >= 0.3 is 0 Å². The van der Waals surface area contributed by atoms with Crippen molar-refractivity contribution in [2.75, 3.05) is 20.5 Å². The molecule has 14 heavy (non-hydrogen) atoms. The lowest BCUT2D eigenvalue weighted by Gasteiger charge is -2.26. The third kappa shape index (κ3) is 4.32. The highest BCUT2D eigenvalue weighted by Gasteiger charge is 2.29. The highest BCUT2D eigenvalue weighted by molar-refractivity contribution is 4.79. The Kier molecular flexibility index (Phi) is 6.98. The average molecular weight is 210 g/mol. The Morgan fingerprint density at radius 1 is 1.14 bits per heavy atom. The second-order valence-electron chi connectivity index (χ2n) is 3.02. The normalized spacial score (nSPS) is 20.1. The number of rotatable bonds is 7. The summed E-state index contributed by atoms with van der Waals surface area (Å²) in [4.78, 5) is 0. The maximum Gasteiger partial charge on any atom is 0.146 e. The second kappa shape index (κ2) is 7.10. The van der Waals surface area contributed by atoms with Gasteiger partial charge in [0.25, 0.3) is 0 Å². The first-order valence-electron chi connectivity index (χ1n) is 4.30. The van der Waals surface area contributed by atoms with Crippen molar-refractivity contribution in [2.24, 2.45) is 0 Å². The molecule has 86 valence electrons. The van der Waals surface area contributed by atoms with Crippen molar-refractivity contribution in [2.45, 2.75) is 31.3 Å². The standard InChI is InChI=1S/C8H18O6/c1-5(10)7(11)8(12)6(3-9)14-4-13-2/h5-12H,3-4H2,1-2H3/t5?,6?,7?,8-/m0/s1. The molecule has 6 heteroatoms. The van der Waals surface area contributed by atoms with E-state index in [1.807, 2.05) is 0 Å². The van der Waals surface area contributed by atoms with Crippen LogP contribution in [-0.4, -0.2) is 65.4 Å². The van der Waals surface area contributed by atoms with Gasteiger partial charge in [0.15, 0.2) is 0 Å². The Bertz CT molecular complexity index is 140. The van der Waals surface area contributed by atoms with E-state index in [4.69, 9.17) is 14.9 Å². The molecule has 0 aliphatic carbocycles. The molecule has 0 saturated carbocycles. The van der Waals surface area contributed by atoms with E-state index in [2.05, 4.69) is 4.74 Å². The van der Waals surface area contributed by atoms with Gasteiger partial charge < -0.3 is 29.9 Å². The lowest BCUT2D eigenvalue weighted by Crippen LogP contribution is -2.46. The summed E-state index contributed by atoms with van der Waals surface area (Å²) in [5.74, 6) is 0. The summed E-state index contributed by atoms with van der Waals surface area (Å²) in [5, 5.41) is 36.5. The van der Waals surface area contributed by atoms with Crippen molar-refractivity contribution in [3.05, 3.63) is 0 Å². The molecule has 0 amide bonds. The number of aliphatic hydroxyl groups excluding tert-OH is 4. The van der Waals surface area contributed by atoms with Crippen LogP contribution in [0.3, 0.4) is 0 Å². The third-order valence-corrected chi connectivity index (χ3v) is 1.80. The lowest BCUT2D eigenvalue weighted by atomic mass is 10.0. The highest BCUT2D eigenvalue weighted by Crippen LogP contribution is 2.07. The summed E-state index contributed by atoms with van der Waals surface area (Å²) in [5.41, 5.74) is 0. The van der Waals surface area contributed by atoms with Gasteiger partial charge in [0.1, 0.15) is 25.1 Å². The third-order valence-electron chi connectivity index (χ3n) is 1.80. The fourth-order valence-corrected chi connectivity index (χ4v) is 0.920. The SMILES string of the molecule is COCOC(CO)[C@H](O)C(O)C(C)O. The molecule has 0 radical (unpaired) electrons. The van der Waals surface area contributed by atoms with Gasteiger partial charge in [-0.15, -0.1) is 0 Å². The summed E-state index contributed by atoms with van der Waals surface area (Å²) in [6.07, 6.45) is -4.77. The number of ether oxygens (including phenoxy) is 2. The van der Waals surface area contributed by atoms with Crippen LogP contribution in [0.5, 0.6) is 0 Å². The predicted octanol–water partition coefficient (Wildman–Crippen LogP) is -1.93. The van der Waals surface area contributed by atoms with E-state index in [9.17, 15) is 10.2 Å². The fourth-order valence-electron chi connectivity index (χ4n) is 0.920. The van der Waals surface area contributed by atoms with Crippen LogP contribution in [0.1, 0.15) is 6.92 Å². The number of hydrogen-bond donors (Lipinski definition) is 4. The molecule has 6 nitrogen and oxygen atoms in total. The minimum Gasteiger partial charge on any atom is -0.394 e. The Morgan fingerprint density at radius 2 is 1.71 bits per heavy atom. The zero-order chi connectivity index (χ0) is 11.1.